The molecular weight excluding hydrogens is 332 g/mol. The first kappa shape index (κ1) is 19.6. The number of aliphatic imine (C=N–C) groups is 1. The Morgan fingerprint density at radius 2 is 2.04 bits per heavy atom. The first-order valence-corrected chi connectivity index (χ1v) is 9.80. The number of rotatable bonds is 5. The first-order valence-electron chi connectivity index (χ1n) is 8.82. The van der Waals surface area contributed by atoms with Crippen molar-refractivity contribution in [2.24, 2.45) is 10.9 Å². The number of carbonyl (C=O) groups is 1. The van der Waals surface area contributed by atoms with E-state index in [1.165, 1.54) is 4.90 Å². The van der Waals surface area contributed by atoms with Gasteiger partial charge in [-0.15, -0.1) is 11.8 Å². The second-order valence-electron chi connectivity index (χ2n) is 7.42. The molecule has 1 unspecified atom stereocenters. The van der Waals surface area contributed by atoms with Gasteiger partial charge in [0.2, 0.25) is 5.91 Å². The minimum absolute atomic E-state index is 0.0102. The summed E-state index contributed by atoms with van der Waals surface area (Å²) >= 11 is 1.91. The smallest absolute Gasteiger partial charge is 0.239 e. The largest absolute Gasteiger partial charge is 0.350 e. The molecule has 1 amide bonds. The average molecular weight is 363 g/mol. The molecule has 0 spiro atoms. The normalized spacial score (nSPS) is 18.3. The summed E-state index contributed by atoms with van der Waals surface area (Å²) in [5.41, 5.74) is -0.213. The minimum atomic E-state index is -0.213. The topological polar surface area (TPSA) is 56.7 Å². The van der Waals surface area contributed by atoms with Crippen LogP contribution in [0, 0.1) is 5.92 Å². The summed E-state index contributed by atoms with van der Waals surface area (Å²) < 4.78 is 0. The molecule has 2 N–H and O–H groups in total. The quantitative estimate of drug-likeness (QED) is 0.480. The molecule has 6 heteroatoms. The third-order valence-corrected chi connectivity index (χ3v) is 5.19. The van der Waals surface area contributed by atoms with Gasteiger partial charge in [-0.05, 0) is 45.2 Å². The molecular formula is C19H30N4OS. The lowest BCUT2D eigenvalue weighted by Crippen LogP contribution is -2.48. The van der Waals surface area contributed by atoms with Gasteiger partial charge in [0.05, 0.1) is 6.54 Å². The number of hydrogen-bond donors (Lipinski definition) is 2. The van der Waals surface area contributed by atoms with Crippen LogP contribution in [0.1, 0.15) is 27.2 Å². The van der Waals surface area contributed by atoms with E-state index in [4.69, 9.17) is 0 Å². The van der Waals surface area contributed by atoms with E-state index in [2.05, 4.69) is 44.8 Å². The van der Waals surface area contributed by atoms with Crippen molar-refractivity contribution in [3.05, 3.63) is 30.3 Å². The van der Waals surface area contributed by atoms with Crippen molar-refractivity contribution in [2.75, 3.05) is 32.4 Å². The molecule has 5 nitrogen and oxygen atoms in total. The predicted molar refractivity (Wildman–Crippen MR) is 106 cm³/mol. The molecule has 0 aromatic heterocycles. The van der Waals surface area contributed by atoms with E-state index in [-0.39, 0.29) is 18.0 Å². The Labute approximate surface area is 155 Å². The monoisotopic (exact) mass is 362 g/mol. The van der Waals surface area contributed by atoms with Gasteiger partial charge in [0, 0.05) is 36.3 Å². The third-order valence-electron chi connectivity index (χ3n) is 3.95. The SMILES string of the molecule is CN=C(NCC(=O)NC(C)(C)C)N1CCC(CSc2ccccc2)C1. The van der Waals surface area contributed by atoms with Crippen LogP contribution in [-0.2, 0) is 4.79 Å². The summed E-state index contributed by atoms with van der Waals surface area (Å²) in [6.45, 7) is 8.17. The van der Waals surface area contributed by atoms with Crippen LogP contribution in [0.2, 0.25) is 0 Å². The zero-order valence-corrected chi connectivity index (χ0v) is 16.5. The van der Waals surface area contributed by atoms with Crippen LogP contribution in [0.3, 0.4) is 0 Å². The van der Waals surface area contributed by atoms with Gasteiger partial charge >= 0.3 is 0 Å². The van der Waals surface area contributed by atoms with Crippen LogP contribution >= 0.6 is 11.8 Å². The Balaban J connectivity index is 1.76. The van der Waals surface area contributed by atoms with E-state index < -0.39 is 0 Å². The van der Waals surface area contributed by atoms with Gasteiger partial charge in [-0.3, -0.25) is 9.79 Å². The molecule has 1 aliphatic heterocycles. The zero-order chi connectivity index (χ0) is 18.3. The van der Waals surface area contributed by atoms with Crippen LogP contribution in [0.15, 0.2) is 40.2 Å². The van der Waals surface area contributed by atoms with Gasteiger partial charge in [-0.1, -0.05) is 18.2 Å². The highest BCUT2D eigenvalue weighted by molar-refractivity contribution is 7.99. The molecule has 1 fully saturated rings. The van der Waals surface area contributed by atoms with Crippen molar-refractivity contribution in [3.8, 4) is 0 Å². The second kappa shape index (κ2) is 9.13. The van der Waals surface area contributed by atoms with Crippen molar-refractivity contribution in [1.82, 2.24) is 15.5 Å². The van der Waals surface area contributed by atoms with E-state index in [0.717, 1.165) is 31.2 Å². The van der Waals surface area contributed by atoms with Gasteiger partial charge in [0.25, 0.3) is 0 Å². The number of likely N-dealkylation sites (tertiary alicyclic amines) is 1. The first-order chi connectivity index (χ1) is 11.9. The van der Waals surface area contributed by atoms with E-state index >= 15 is 0 Å². The molecule has 0 saturated carbocycles. The van der Waals surface area contributed by atoms with Gasteiger partial charge in [-0.2, -0.15) is 0 Å². The number of hydrogen-bond acceptors (Lipinski definition) is 3. The van der Waals surface area contributed by atoms with Crippen LogP contribution in [0.5, 0.6) is 0 Å². The molecule has 0 radical (unpaired) electrons. The van der Waals surface area contributed by atoms with Crippen LogP contribution in [0.4, 0.5) is 0 Å². The second-order valence-corrected chi connectivity index (χ2v) is 8.52. The van der Waals surface area contributed by atoms with Gasteiger partial charge in [0.15, 0.2) is 5.96 Å². The fourth-order valence-electron chi connectivity index (χ4n) is 2.85. The average Bonchev–Trinajstić information content (AvgIpc) is 3.02. The Kier molecular flexibility index (Phi) is 7.17. The van der Waals surface area contributed by atoms with Crippen molar-refractivity contribution >= 4 is 23.6 Å². The summed E-state index contributed by atoms with van der Waals surface area (Å²) in [5.74, 6) is 2.56. The predicted octanol–water partition coefficient (Wildman–Crippen LogP) is 2.59. The fraction of sp³-hybridized carbons (Fsp3) is 0.579. The number of benzene rings is 1. The Morgan fingerprint density at radius 1 is 1.32 bits per heavy atom. The Bertz CT molecular complexity index is 583. The lowest BCUT2D eigenvalue weighted by molar-refractivity contribution is -0.121. The van der Waals surface area contributed by atoms with Gasteiger partial charge in [0.1, 0.15) is 0 Å². The van der Waals surface area contributed by atoms with Gasteiger partial charge in [-0.25, -0.2) is 0 Å². The summed E-state index contributed by atoms with van der Waals surface area (Å²) in [6.07, 6.45) is 1.16. The Morgan fingerprint density at radius 3 is 2.68 bits per heavy atom. The van der Waals surface area contributed by atoms with Crippen molar-refractivity contribution in [1.29, 1.82) is 0 Å². The number of nitrogens with zero attached hydrogens (tertiary/aromatic N) is 2. The van der Waals surface area contributed by atoms with Crippen molar-refractivity contribution in [2.45, 2.75) is 37.6 Å². The number of carbonyl (C=O) groups excluding carboxylic acids is 1. The molecule has 1 atom stereocenters. The molecule has 1 aromatic carbocycles. The molecule has 1 aromatic rings. The van der Waals surface area contributed by atoms with E-state index in [0.29, 0.717) is 5.92 Å². The highest BCUT2D eigenvalue weighted by Gasteiger charge is 2.25. The summed E-state index contributed by atoms with van der Waals surface area (Å²) in [4.78, 5) is 19.9. The number of nitrogens with one attached hydrogen (secondary N) is 2. The highest BCUT2D eigenvalue weighted by atomic mass is 32.2. The molecule has 2 rings (SSSR count). The maximum absolute atomic E-state index is 12.0. The van der Waals surface area contributed by atoms with E-state index in [9.17, 15) is 4.79 Å². The number of guanidine groups is 1. The van der Waals surface area contributed by atoms with Crippen LogP contribution in [-0.4, -0.2) is 54.7 Å². The summed E-state index contributed by atoms with van der Waals surface area (Å²) in [6, 6.07) is 10.5. The number of thioether (sulfide) groups is 1. The molecule has 1 heterocycles. The number of amides is 1. The van der Waals surface area contributed by atoms with Gasteiger partial charge < -0.3 is 15.5 Å². The molecule has 1 saturated heterocycles. The molecule has 25 heavy (non-hydrogen) atoms. The fourth-order valence-corrected chi connectivity index (χ4v) is 3.90. The standard InChI is InChI=1S/C19H30N4OS/c1-19(2,3)22-17(24)12-21-18(20-4)23-11-10-15(13-23)14-25-16-8-6-5-7-9-16/h5-9,15H,10-14H2,1-4H3,(H,20,21)(H,22,24). The minimum Gasteiger partial charge on any atom is -0.350 e. The lowest BCUT2D eigenvalue weighted by Gasteiger charge is -2.24. The highest BCUT2D eigenvalue weighted by Crippen LogP contribution is 2.25. The Hall–Kier alpha value is -1.69. The molecule has 1 aliphatic rings. The maximum Gasteiger partial charge on any atom is 0.239 e. The maximum atomic E-state index is 12.0. The molecule has 0 bridgehead atoms. The van der Waals surface area contributed by atoms with Crippen LogP contribution in [0.25, 0.3) is 0 Å². The van der Waals surface area contributed by atoms with Crippen LogP contribution < -0.4 is 10.6 Å². The molecule has 0 aliphatic carbocycles. The zero-order valence-electron chi connectivity index (χ0n) is 15.7. The van der Waals surface area contributed by atoms with E-state index in [1.54, 1.807) is 7.05 Å². The van der Waals surface area contributed by atoms with Crippen molar-refractivity contribution in [3.63, 3.8) is 0 Å². The van der Waals surface area contributed by atoms with Crippen molar-refractivity contribution < 1.29 is 4.79 Å². The lowest BCUT2D eigenvalue weighted by atomic mass is 10.1. The van der Waals surface area contributed by atoms with E-state index in [1.807, 2.05) is 38.6 Å². The summed E-state index contributed by atoms with van der Waals surface area (Å²) in [5, 5.41) is 6.14. The third kappa shape index (κ3) is 6.98. The molecule has 138 valence electrons. The summed E-state index contributed by atoms with van der Waals surface area (Å²) in [7, 11) is 1.77.